The molecule has 0 aliphatic carbocycles. The number of halogens is 1. The summed E-state index contributed by atoms with van der Waals surface area (Å²) < 4.78 is 10.3. The number of esters is 1. The first kappa shape index (κ1) is 18.5. The Bertz CT molecular complexity index is 588. The second-order valence-electron chi connectivity index (χ2n) is 5.82. The van der Waals surface area contributed by atoms with E-state index < -0.39 is 5.97 Å². The molecule has 1 fully saturated rings. The Morgan fingerprint density at radius 3 is 2.88 bits per heavy atom. The number of methoxy groups -OCH3 is 1. The molecule has 0 spiro atoms. The molecular weight excluding hydrogens is 332 g/mol. The molecule has 1 aliphatic heterocycles. The highest BCUT2D eigenvalue weighted by molar-refractivity contribution is 6.33. The number of hydrogen-bond acceptors (Lipinski definition) is 4. The molecule has 1 atom stereocenters. The standard InChI is InChI=1S/C17H23ClN2O4/c1-20(9-8-13-5-3-4-10-24-13)17(22)19-12-6-7-15(18)14(11-12)16(21)23-2/h6-7,11,13H,3-5,8-10H2,1-2H3,(H,19,22)/t13-/m0/s1. The van der Waals surface area contributed by atoms with Gasteiger partial charge in [0.25, 0.3) is 0 Å². The van der Waals surface area contributed by atoms with Crippen molar-refractivity contribution in [2.75, 3.05) is 32.6 Å². The zero-order valence-electron chi connectivity index (χ0n) is 14.0. The molecule has 1 aromatic carbocycles. The molecular formula is C17H23ClN2O4. The van der Waals surface area contributed by atoms with E-state index in [9.17, 15) is 9.59 Å². The minimum atomic E-state index is -0.543. The van der Waals surface area contributed by atoms with Crippen molar-refractivity contribution in [1.82, 2.24) is 4.90 Å². The fraction of sp³-hybridized carbons (Fsp3) is 0.529. The fourth-order valence-corrected chi connectivity index (χ4v) is 2.76. The maximum atomic E-state index is 12.2. The first-order valence-electron chi connectivity index (χ1n) is 8.03. The van der Waals surface area contributed by atoms with E-state index in [0.717, 1.165) is 25.9 Å². The average Bonchev–Trinajstić information content (AvgIpc) is 2.61. The summed E-state index contributed by atoms with van der Waals surface area (Å²) in [5.41, 5.74) is 0.709. The number of urea groups is 1. The van der Waals surface area contributed by atoms with E-state index >= 15 is 0 Å². The van der Waals surface area contributed by atoms with E-state index in [2.05, 4.69) is 10.1 Å². The first-order valence-corrected chi connectivity index (χ1v) is 8.40. The van der Waals surface area contributed by atoms with Gasteiger partial charge in [-0.1, -0.05) is 11.6 Å². The number of hydrogen-bond donors (Lipinski definition) is 1. The summed E-state index contributed by atoms with van der Waals surface area (Å²) in [5, 5.41) is 3.04. The molecule has 2 amide bonds. The molecule has 0 saturated carbocycles. The Kier molecular flexibility index (Phi) is 6.87. The maximum Gasteiger partial charge on any atom is 0.339 e. The van der Waals surface area contributed by atoms with Crippen LogP contribution >= 0.6 is 11.6 Å². The van der Waals surface area contributed by atoms with Crippen LogP contribution in [0.4, 0.5) is 10.5 Å². The lowest BCUT2D eigenvalue weighted by atomic mass is 10.1. The number of ether oxygens (including phenoxy) is 2. The molecule has 0 aromatic heterocycles. The largest absolute Gasteiger partial charge is 0.465 e. The van der Waals surface area contributed by atoms with Crippen LogP contribution in [-0.2, 0) is 9.47 Å². The van der Waals surface area contributed by atoms with Gasteiger partial charge in [-0.25, -0.2) is 9.59 Å². The lowest BCUT2D eigenvalue weighted by molar-refractivity contribution is 0.00848. The van der Waals surface area contributed by atoms with Crippen molar-refractivity contribution in [2.45, 2.75) is 31.8 Å². The number of benzene rings is 1. The van der Waals surface area contributed by atoms with Crippen LogP contribution in [0, 0.1) is 0 Å². The van der Waals surface area contributed by atoms with Crippen LogP contribution < -0.4 is 5.32 Å². The monoisotopic (exact) mass is 354 g/mol. The van der Waals surface area contributed by atoms with Crippen molar-refractivity contribution in [3.05, 3.63) is 28.8 Å². The lowest BCUT2D eigenvalue weighted by Gasteiger charge is -2.25. The highest BCUT2D eigenvalue weighted by Gasteiger charge is 2.17. The number of carbonyl (C=O) groups excluding carboxylic acids is 2. The minimum Gasteiger partial charge on any atom is -0.465 e. The van der Waals surface area contributed by atoms with Crippen LogP contribution in [0.25, 0.3) is 0 Å². The summed E-state index contributed by atoms with van der Waals surface area (Å²) in [6, 6.07) is 4.46. The molecule has 0 unspecified atom stereocenters. The van der Waals surface area contributed by atoms with Gasteiger partial charge in [0, 0.05) is 25.9 Å². The van der Waals surface area contributed by atoms with E-state index in [-0.39, 0.29) is 22.7 Å². The van der Waals surface area contributed by atoms with Crippen LogP contribution in [0.5, 0.6) is 0 Å². The van der Waals surface area contributed by atoms with Crippen LogP contribution in [0.15, 0.2) is 18.2 Å². The summed E-state index contributed by atoms with van der Waals surface area (Å²) in [4.78, 5) is 25.5. The molecule has 6 nitrogen and oxygen atoms in total. The third kappa shape index (κ3) is 5.11. The number of rotatable bonds is 5. The van der Waals surface area contributed by atoms with Gasteiger partial charge in [-0.15, -0.1) is 0 Å². The Morgan fingerprint density at radius 1 is 1.42 bits per heavy atom. The molecule has 24 heavy (non-hydrogen) atoms. The smallest absolute Gasteiger partial charge is 0.339 e. The number of nitrogens with zero attached hydrogens (tertiary/aromatic N) is 1. The molecule has 1 aromatic rings. The van der Waals surface area contributed by atoms with Gasteiger partial charge in [-0.3, -0.25) is 0 Å². The molecule has 0 radical (unpaired) electrons. The highest BCUT2D eigenvalue weighted by atomic mass is 35.5. The molecule has 132 valence electrons. The van der Waals surface area contributed by atoms with Crippen molar-refractivity contribution < 1.29 is 19.1 Å². The summed E-state index contributed by atoms with van der Waals surface area (Å²) in [6.45, 7) is 1.41. The molecule has 2 rings (SSSR count). The van der Waals surface area contributed by atoms with E-state index in [1.807, 2.05) is 0 Å². The van der Waals surface area contributed by atoms with Gasteiger partial charge < -0.3 is 19.7 Å². The zero-order chi connectivity index (χ0) is 17.5. The van der Waals surface area contributed by atoms with Gasteiger partial charge in [0.05, 0.1) is 23.8 Å². The second kappa shape index (κ2) is 8.89. The highest BCUT2D eigenvalue weighted by Crippen LogP contribution is 2.22. The topological polar surface area (TPSA) is 67.9 Å². The molecule has 7 heteroatoms. The van der Waals surface area contributed by atoms with Crippen molar-refractivity contribution in [3.63, 3.8) is 0 Å². The van der Waals surface area contributed by atoms with Gasteiger partial charge in [-0.2, -0.15) is 0 Å². The van der Waals surface area contributed by atoms with Crippen molar-refractivity contribution in [2.24, 2.45) is 0 Å². The number of anilines is 1. The van der Waals surface area contributed by atoms with E-state index in [1.165, 1.54) is 19.6 Å². The molecule has 1 N–H and O–H groups in total. The average molecular weight is 355 g/mol. The Morgan fingerprint density at radius 2 is 2.21 bits per heavy atom. The van der Waals surface area contributed by atoms with E-state index in [1.54, 1.807) is 24.1 Å². The second-order valence-corrected chi connectivity index (χ2v) is 6.22. The van der Waals surface area contributed by atoms with E-state index in [0.29, 0.717) is 12.2 Å². The quantitative estimate of drug-likeness (QED) is 0.821. The van der Waals surface area contributed by atoms with Gasteiger partial charge >= 0.3 is 12.0 Å². The summed E-state index contributed by atoms with van der Waals surface area (Å²) >= 11 is 5.97. The normalized spacial score (nSPS) is 17.2. The summed E-state index contributed by atoms with van der Waals surface area (Å²) in [5.74, 6) is -0.543. The first-order chi connectivity index (χ1) is 11.5. The van der Waals surface area contributed by atoms with Crippen molar-refractivity contribution in [1.29, 1.82) is 0 Å². The molecule has 1 saturated heterocycles. The Balaban J connectivity index is 1.89. The summed E-state index contributed by atoms with van der Waals surface area (Å²) in [7, 11) is 3.01. The zero-order valence-corrected chi connectivity index (χ0v) is 14.8. The van der Waals surface area contributed by atoms with Crippen LogP contribution in [0.2, 0.25) is 5.02 Å². The third-order valence-electron chi connectivity index (χ3n) is 4.03. The van der Waals surface area contributed by atoms with Gasteiger partial charge in [0.1, 0.15) is 0 Å². The number of nitrogens with one attached hydrogen (secondary N) is 1. The van der Waals surface area contributed by atoms with Crippen LogP contribution in [0.1, 0.15) is 36.0 Å². The van der Waals surface area contributed by atoms with Crippen LogP contribution in [0.3, 0.4) is 0 Å². The number of carbonyl (C=O) groups is 2. The predicted molar refractivity (Wildman–Crippen MR) is 92.6 cm³/mol. The van der Waals surface area contributed by atoms with Crippen LogP contribution in [-0.4, -0.2) is 50.3 Å². The minimum absolute atomic E-state index is 0.218. The lowest BCUT2D eigenvalue weighted by Crippen LogP contribution is -2.34. The maximum absolute atomic E-state index is 12.2. The van der Waals surface area contributed by atoms with Crippen molar-refractivity contribution in [3.8, 4) is 0 Å². The third-order valence-corrected chi connectivity index (χ3v) is 4.36. The Hall–Kier alpha value is -1.79. The predicted octanol–water partition coefficient (Wildman–Crippen LogP) is 3.55. The van der Waals surface area contributed by atoms with Gasteiger partial charge in [0.2, 0.25) is 0 Å². The SMILES string of the molecule is COC(=O)c1cc(NC(=O)N(C)CC[C@@H]2CCCCO2)ccc1Cl. The van der Waals surface area contributed by atoms with E-state index in [4.69, 9.17) is 16.3 Å². The molecule has 1 aliphatic rings. The summed E-state index contributed by atoms with van der Waals surface area (Å²) in [6.07, 6.45) is 4.40. The van der Waals surface area contributed by atoms with Gasteiger partial charge in [-0.05, 0) is 43.9 Å². The number of amides is 2. The molecule has 1 heterocycles. The fourth-order valence-electron chi connectivity index (χ4n) is 2.56. The van der Waals surface area contributed by atoms with Crippen molar-refractivity contribution >= 4 is 29.3 Å². The Labute approximate surface area is 147 Å². The van der Waals surface area contributed by atoms with Gasteiger partial charge in [0.15, 0.2) is 0 Å². The molecule has 0 bridgehead atoms.